The molecule has 1 N–H and O–H groups in total. The minimum atomic E-state index is 0.161. The van der Waals surface area contributed by atoms with Crippen LogP contribution in [0.3, 0.4) is 0 Å². The highest BCUT2D eigenvalue weighted by atomic mass is 16.5. The lowest BCUT2D eigenvalue weighted by Crippen LogP contribution is -2.39. The number of ether oxygens (including phenoxy) is 1. The van der Waals surface area contributed by atoms with Crippen molar-refractivity contribution in [2.75, 3.05) is 25.5 Å². The van der Waals surface area contributed by atoms with Gasteiger partial charge in [-0.2, -0.15) is 0 Å². The van der Waals surface area contributed by atoms with Crippen molar-refractivity contribution >= 4 is 5.69 Å². The normalized spacial score (nSPS) is 14.1. The van der Waals surface area contributed by atoms with Crippen LogP contribution in [0.2, 0.25) is 0 Å². The van der Waals surface area contributed by atoms with Crippen LogP contribution in [0.4, 0.5) is 5.69 Å². The van der Waals surface area contributed by atoms with Gasteiger partial charge in [-0.1, -0.05) is 13.0 Å². The van der Waals surface area contributed by atoms with E-state index in [1.807, 2.05) is 26.2 Å². The van der Waals surface area contributed by atoms with Crippen LogP contribution in [-0.2, 0) is 0 Å². The smallest absolute Gasteiger partial charge is 0.121 e. The first-order chi connectivity index (χ1) is 8.54. The molecule has 1 aromatic carbocycles. The Balaban J connectivity index is 2.58. The van der Waals surface area contributed by atoms with Crippen molar-refractivity contribution in [2.24, 2.45) is 0 Å². The van der Waals surface area contributed by atoms with Crippen LogP contribution in [0.5, 0.6) is 5.75 Å². The molecule has 1 rings (SSSR count). The van der Waals surface area contributed by atoms with Gasteiger partial charge < -0.3 is 15.0 Å². The summed E-state index contributed by atoms with van der Waals surface area (Å²) in [4.78, 5) is 2.08. The molecule has 0 aliphatic carbocycles. The highest BCUT2D eigenvalue weighted by Crippen LogP contribution is 2.20. The van der Waals surface area contributed by atoms with Crippen LogP contribution >= 0.6 is 0 Å². The standard InChI is InChI=1S/C15H26N2O/c1-6-10-16-12(2)13(3)18-15-9-7-8-14(11-15)17(4)5/h7-9,11-13,16H,6,10H2,1-5H3. The van der Waals surface area contributed by atoms with Crippen molar-refractivity contribution in [3.8, 4) is 5.75 Å². The minimum Gasteiger partial charge on any atom is -0.489 e. The average Bonchev–Trinajstić information content (AvgIpc) is 2.36. The zero-order chi connectivity index (χ0) is 13.5. The van der Waals surface area contributed by atoms with E-state index in [1.165, 1.54) is 0 Å². The second-order valence-corrected chi connectivity index (χ2v) is 4.96. The third kappa shape index (κ3) is 4.57. The van der Waals surface area contributed by atoms with Crippen LogP contribution in [-0.4, -0.2) is 32.8 Å². The number of nitrogens with one attached hydrogen (secondary N) is 1. The van der Waals surface area contributed by atoms with Gasteiger partial charge >= 0.3 is 0 Å². The maximum atomic E-state index is 5.97. The molecule has 0 aliphatic rings. The molecule has 3 nitrogen and oxygen atoms in total. The number of benzene rings is 1. The summed E-state index contributed by atoms with van der Waals surface area (Å²) in [5.41, 5.74) is 1.16. The Kier molecular flexibility index (Phi) is 5.99. The Bertz CT molecular complexity index is 352. The topological polar surface area (TPSA) is 24.5 Å². The molecule has 2 atom stereocenters. The lowest BCUT2D eigenvalue weighted by atomic mass is 10.2. The number of hydrogen-bond donors (Lipinski definition) is 1. The van der Waals surface area contributed by atoms with Crippen molar-refractivity contribution < 1.29 is 4.74 Å². The van der Waals surface area contributed by atoms with Crippen LogP contribution < -0.4 is 15.0 Å². The summed E-state index contributed by atoms with van der Waals surface area (Å²) in [5.74, 6) is 0.929. The first kappa shape index (κ1) is 14.8. The molecule has 0 spiro atoms. The number of nitrogens with zero attached hydrogens (tertiary/aromatic N) is 1. The minimum absolute atomic E-state index is 0.161. The lowest BCUT2D eigenvalue weighted by molar-refractivity contribution is 0.178. The first-order valence-electron chi connectivity index (χ1n) is 6.72. The van der Waals surface area contributed by atoms with Gasteiger partial charge in [0, 0.05) is 31.9 Å². The van der Waals surface area contributed by atoms with E-state index in [4.69, 9.17) is 4.74 Å². The molecule has 1 aromatic rings. The third-order valence-corrected chi connectivity index (χ3v) is 3.08. The fraction of sp³-hybridized carbons (Fsp3) is 0.600. The molecule has 2 unspecified atom stereocenters. The summed E-state index contributed by atoms with van der Waals surface area (Å²) < 4.78 is 5.97. The van der Waals surface area contributed by atoms with E-state index in [1.54, 1.807) is 0 Å². The van der Waals surface area contributed by atoms with Gasteiger partial charge in [-0.15, -0.1) is 0 Å². The third-order valence-electron chi connectivity index (χ3n) is 3.08. The largest absolute Gasteiger partial charge is 0.489 e. The fourth-order valence-electron chi connectivity index (χ4n) is 1.69. The maximum Gasteiger partial charge on any atom is 0.121 e. The van der Waals surface area contributed by atoms with Gasteiger partial charge in [-0.25, -0.2) is 0 Å². The molecule has 0 fully saturated rings. The van der Waals surface area contributed by atoms with Crippen molar-refractivity contribution in [3.63, 3.8) is 0 Å². The fourth-order valence-corrected chi connectivity index (χ4v) is 1.69. The van der Waals surface area contributed by atoms with Crippen LogP contribution in [0.25, 0.3) is 0 Å². The highest BCUT2D eigenvalue weighted by Gasteiger charge is 2.13. The van der Waals surface area contributed by atoms with E-state index in [9.17, 15) is 0 Å². The maximum absolute atomic E-state index is 5.97. The number of rotatable bonds is 7. The molecule has 0 heterocycles. The van der Waals surface area contributed by atoms with E-state index >= 15 is 0 Å². The van der Waals surface area contributed by atoms with E-state index in [-0.39, 0.29) is 6.10 Å². The van der Waals surface area contributed by atoms with E-state index in [0.717, 1.165) is 24.4 Å². The molecule has 18 heavy (non-hydrogen) atoms. The second kappa shape index (κ2) is 7.27. The van der Waals surface area contributed by atoms with Gasteiger partial charge in [0.2, 0.25) is 0 Å². The quantitative estimate of drug-likeness (QED) is 0.805. The van der Waals surface area contributed by atoms with Gasteiger partial charge in [-0.05, 0) is 38.9 Å². The van der Waals surface area contributed by atoms with Gasteiger partial charge in [-0.3, -0.25) is 0 Å². The Hall–Kier alpha value is -1.22. The molecule has 0 saturated heterocycles. The Labute approximate surface area is 111 Å². The predicted molar refractivity (Wildman–Crippen MR) is 78.6 cm³/mol. The summed E-state index contributed by atoms with van der Waals surface area (Å²) in [6, 6.07) is 8.55. The van der Waals surface area contributed by atoms with Crippen LogP contribution in [0.15, 0.2) is 24.3 Å². The van der Waals surface area contributed by atoms with Gasteiger partial charge in [0.1, 0.15) is 11.9 Å². The number of anilines is 1. The SMILES string of the molecule is CCCNC(C)C(C)Oc1cccc(N(C)C)c1. The molecule has 0 radical (unpaired) electrons. The summed E-state index contributed by atoms with van der Waals surface area (Å²) >= 11 is 0. The molecule has 0 amide bonds. The molecule has 102 valence electrons. The monoisotopic (exact) mass is 250 g/mol. The van der Waals surface area contributed by atoms with Gasteiger partial charge in [0.15, 0.2) is 0 Å². The van der Waals surface area contributed by atoms with Gasteiger partial charge in [0.05, 0.1) is 0 Å². The van der Waals surface area contributed by atoms with Crippen molar-refractivity contribution in [1.29, 1.82) is 0 Å². The lowest BCUT2D eigenvalue weighted by Gasteiger charge is -2.23. The Morgan fingerprint density at radius 2 is 2.00 bits per heavy atom. The van der Waals surface area contributed by atoms with E-state index < -0.39 is 0 Å². The molecular weight excluding hydrogens is 224 g/mol. The summed E-state index contributed by atoms with van der Waals surface area (Å²) in [7, 11) is 4.07. The number of hydrogen-bond acceptors (Lipinski definition) is 3. The van der Waals surface area contributed by atoms with Crippen LogP contribution in [0, 0.1) is 0 Å². The molecule has 0 bridgehead atoms. The average molecular weight is 250 g/mol. The first-order valence-corrected chi connectivity index (χ1v) is 6.72. The Morgan fingerprint density at radius 3 is 2.61 bits per heavy atom. The van der Waals surface area contributed by atoms with E-state index in [2.05, 4.69) is 43.1 Å². The summed E-state index contributed by atoms with van der Waals surface area (Å²) in [5, 5.41) is 3.45. The predicted octanol–water partition coefficient (Wildman–Crippen LogP) is 2.91. The second-order valence-electron chi connectivity index (χ2n) is 4.96. The molecule has 0 saturated carbocycles. The Morgan fingerprint density at radius 1 is 1.28 bits per heavy atom. The molecule has 0 aromatic heterocycles. The van der Waals surface area contributed by atoms with Crippen molar-refractivity contribution in [1.82, 2.24) is 5.32 Å². The highest BCUT2D eigenvalue weighted by molar-refractivity contribution is 5.49. The zero-order valence-corrected chi connectivity index (χ0v) is 12.2. The molecule has 3 heteroatoms. The zero-order valence-electron chi connectivity index (χ0n) is 12.2. The molecule has 0 aliphatic heterocycles. The van der Waals surface area contributed by atoms with Crippen LogP contribution in [0.1, 0.15) is 27.2 Å². The van der Waals surface area contributed by atoms with Gasteiger partial charge in [0.25, 0.3) is 0 Å². The molecular formula is C15H26N2O. The summed E-state index contributed by atoms with van der Waals surface area (Å²) in [6.07, 6.45) is 1.31. The van der Waals surface area contributed by atoms with E-state index in [0.29, 0.717) is 6.04 Å². The van der Waals surface area contributed by atoms with Crippen molar-refractivity contribution in [2.45, 2.75) is 39.3 Å². The summed E-state index contributed by atoms with van der Waals surface area (Å²) in [6.45, 7) is 7.48. The van der Waals surface area contributed by atoms with Crippen molar-refractivity contribution in [3.05, 3.63) is 24.3 Å².